The van der Waals surface area contributed by atoms with Gasteiger partial charge < -0.3 is 10.1 Å². The lowest BCUT2D eigenvalue weighted by Gasteiger charge is -2.19. The second-order valence-electron chi connectivity index (χ2n) is 7.55. The first-order valence-corrected chi connectivity index (χ1v) is 8.86. The summed E-state index contributed by atoms with van der Waals surface area (Å²) in [5, 5.41) is 2.74. The van der Waals surface area contributed by atoms with E-state index in [1.54, 1.807) is 0 Å². The number of amides is 1. The third-order valence-electron chi connectivity index (χ3n) is 4.24. The highest BCUT2D eigenvalue weighted by atomic mass is 16.5. The Morgan fingerprint density at radius 3 is 2.19 bits per heavy atom. The quantitative estimate of drug-likeness (QED) is 0.769. The molecule has 26 heavy (non-hydrogen) atoms. The summed E-state index contributed by atoms with van der Waals surface area (Å²) in [6, 6.07) is 17.5. The zero-order valence-electron chi connectivity index (χ0n) is 15.9. The van der Waals surface area contributed by atoms with Gasteiger partial charge in [0.05, 0.1) is 6.42 Å². The molecule has 0 unspecified atom stereocenters. The molecule has 0 spiro atoms. The van der Waals surface area contributed by atoms with E-state index in [1.165, 1.54) is 5.56 Å². The maximum Gasteiger partial charge on any atom is 0.306 e. The zero-order valence-corrected chi connectivity index (χ0v) is 15.9. The number of hydrogen-bond acceptors (Lipinski definition) is 3. The first kappa shape index (κ1) is 19.7. The summed E-state index contributed by atoms with van der Waals surface area (Å²) < 4.78 is 5.10. The Labute approximate surface area is 155 Å². The molecular weight excluding hydrogens is 326 g/mol. The predicted octanol–water partition coefficient (Wildman–Crippen LogP) is 4.66. The fourth-order valence-electron chi connectivity index (χ4n) is 2.61. The van der Waals surface area contributed by atoms with Crippen molar-refractivity contribution < 1.29 is 14.3 Å². The van der Waals surface area contributed by atoms with E-state index >= 15 is 0 Å². The summed E-state index contributed by atoms with van der Waals surface area (Å²) in [6.45, 7) is 8.10. The predicted molar refractivity (Wildman–Crippen MR) is 104 cm³/mol. The van der Waals surface area contributed by atoms with E-state index in [0.717, 1.165) is 5.56 Å². The average Bonchev–Trinajstić information content (AvgIpc) is 2.60. The molecule has 138 valence electrons. The lowest BCUT2D eigenvalue weighted by Crippen LogP contribution is -2.21. The molecule has 0 aromatic heterocycles. The van der Waals surface area contributed by atoms with Gasteiger partial charge in [0.15, 0.2) is 6.61 Å². The van der Waals surface area contributed by atoms with Crippen LogP contribution in [-0.2, 0) is 19.7 Å². The molecule has 1 N–H and O–H groups in total. The van der Waals surface area contributed by atoms with Gasteiger partial charge in [-0.15, -0.1) is 0 Å². The molecule has 2 aromatic rings. The Morgan fingerprint density at radius 1 is 1.00 bits per heavy atom. The van der Waals surface area contributed by atoms with Crippen LogP contribution in [0.25, 0.3) is 0 Å². The molecule has 0 aliphatic rings. The van der Waals surface area contributed by atoms with Crippen molar-refractivity contribution in [2.45, 2.75) is 45.4 Å². The van der Waals surface area contributed by atoms with Gasteiger partial charge in [0.25, 0.3) is 5.91 Å². The van der Waals surface area contributed by atoms with E-state index in [0.29, 0.717) is 5.69 Å². The highest BCUT2D eigenvalue weighted by molar-refractivity contribution is 5.92. The van der Waals surface area contributed by atoms with Gasteiger partial charge in [-0.2, -0.15) is 0 Å². The lowest BCUT2D eigenvalue weighted by atomic mass is 9.87. The summed E-state index contributed by atoms with van der Waals surface area (Å²) in [6.07, 6.45) is 0.248. The molecular formula is C22H27NO3. The van der Waals surface area contributed by atoms with Crippen LogP contribution in [0.1, 0.15) is 51.2 Å². The fourth-order valence-corrected chi connectivity index (χ4v) is 2.61. The standard InChI is InChI=1S/C22H27NO3/c1-16(17-8-6-5-7-9-17)14-21(25)26-15-20(24)23-19-12-10-18(11-13-19)22(2,3)4/h5-13,16H,14-15H2,1-4H3,(H,23,24)/t16-/m1/s1. The number of esters is 1. The fraction of sp³-hybridized carbons (Fsp3) is 0.364. The minimum atomic E-state index is -0.375. The molecule has 0 heterocycles. The number of nitrogens with one attached hydrogen (secondary N) is 1. The highest BCUT2D eigenvalue weighted by Gasteiger charge is 2.15. The zero-order chi connectivity index (χ0) is 19.2. The van der Waals surface area contributed by atoms with E-state index < -0.39 is 0 Å². The summed E-state index contributed by atoms with van der Waals surface area (Å²) in [5.41, 5.74) is 3.02. The smallest absolute Gasteiger partial charge is 0.306 e. The van der Waals surface area contributed by atoms with E-state index in [4.69, 9.17) is 4.74 Å². The van der Waals surface area contributed by atoms with Crippen LogP contribution in [-0.4, -0.2) is 18.5 Å². The van der Waals surface area contributed by atoms with E-state index in [2.05, 4.69) is 26.1 Å². The van der Waals surface area contributed by atoms with Crippen molar-refractivity contribution in [3.05, 3.63) is 65.7 Å². The van der Waals surface area contributed by atoms with Crippen LogP contribution in [0.15, 0.2) is 54.6 Å². The molecule has 0 aliphatic heterocycles. The molecule has 0 bridgehead atoms. The van der Waals surface area contributed by atoms with Crippen LogP contribution < -0.4 is 5.32 Å². The number of benzene rings is 2. The molecule has 0 saturated carbocycles. The molecule has 0 aliphatic carbocycles. The molecule has 4 nitrogen and oxygen atoms in total. The molecule has 0 fully saturated rings. The number of carbonyl (C=O) groups excluding carboxylic acids is 2. The Morgan fingerprint density at radius 2 is 1.62 bits per heavy atom. The number of carbonyl (C=O) groups is 2. The normalized spacial score (nSPS) is 12.3. The third kappa shape index (κ3) is 6.03. The molecule has 0 radical (unpaired) electrons. The Bertz CT molecular complexity index is 730. The van der Waals surface area contributed by atoms with Crippen molar-refractivity contribution in [2.75, 3.05) is 11.9 Å². The van der Waals surface area contributed by atoms with Crippen LogP contribution in [0.2, 0.25) is 0 Å². The Kier molecular flexibility index (Phi) is 6.56. The number of hydrogen-bond donors (Lipinski definition) is 1. The van der Waals surface area contributed by atoms with Crippen LogP contribution in [0.5, 0.6) is 0 Å². The maximum atomic E-state index is 12.0. The van der Waals surface area contributed by atoms with Crippen molar-refractivity contribution in [3.8, 4) is 0 Å². The second kappa shape index (κ2) is 8.65. The van der Waals surface area contributed by atoms with Crippen LogP contribution >= 0.6 is 0 Å². The number of rotatable bonds is 6. The SMILES string of the molecule is C[C@H](CC(=O)OCC(=O)Nc1ccc(C(C)(C)C)cc1)c1ccccc1. The van der Waals surface area contributed by atoms with Gasteiger partial charge in [0, 0.05) is 5.69 Å². The third-order valence-corrected chi connectivity index (χ3v) is 4.24. The second-order valence-corrected chi connectivity index (χ2v) is 7.55. The van der Waals surface area contributed by atoms with Crippen molar-refractivity contribution in [3.63, 3.8) is 0 Å². The first-order chi connectivity index (χ1) is 12.3. The molecule has 1 amide bonds. The minimum absolute atomic E-state index is 0.0525. The maximum absolute atomic E-state index is 12.0. The number of ether oxygens (including phenoxy) is 1. The summed E-state index contributed by atoms with van der Waals surface area (Å²) in [7, 11) is 0. The van der Waals surface area contributed by atoms with E-state index in [-0.39, 0.29) is 36.2 Å². The van der Waals surface area contributed by atoms with Crippen LogP contribution in [0, 0.1) is 0 Å². The molecule has 0 saturated heterocycles. The first-order valence-electron chi connectivity index (χ1n) is 8.86. The molecule has 2 aromatic carbocycles. The van der Waals surface area contributed by atoms with Crippen LogP contribution in [0.3, 0.4) is 0 Å². The van der Waals surface area contributed by atoms with Gasteiger partial charge in [-0.3, -0.25) is 9.59 Å². The molecule has 2 rings (SSSR count). The molecule has 4 heteroatoms. The van der Waals surface area contributed by atoms with Gasteiger partial charge in [-0.05, 0) is 34.6 Å². The van der Waals surface area contributed by atoms with Crippen molar-refractivity contribution in [1.29, 1.82) is 0 Å². The van der Waals surface area contributed by atoms with Crippen molar-refractivity contribution in [1.82, 2.24) is 0 Å². The number of anilines is 1. The highest BCUT2D eigenvalue weighted by Crippen LogP contribution is 2.23. The van der Waals surface area contributed by atoms with Gasteiger partial charge in [-0.25, -0.2) is 0 Å². The summed E-state index contributed by atoms with van der Waals surface area (Å²) >= 11 is 0. The van der Waals surface area contributed by atoms with Gasteiger partial charge >= 0.3 is 5.97 Å². The molecule has 1 atom stereocenters. The van der Waals surface area contributed by atoms with E-state index in [9.17, 15) is 9.59 Å². The van der Waals surface area contributed by atoms with Crippen molar-refractivity contribution >= 4 is 17.6 Å². The lowest BCUT2D eigenvalue weighted by molar-refractivity contribution is -0.147. The van der Waals surface area contributed by atoms with Gasteiger partial charge in [0.1, 0.15) is 0 Å². The monoisotopic (exact) mass is 353 g/mol. The van der Waals surface area contributed by atoms with Crippen molar-refractivity contribution in [2.24, 2.45) is 0 Å². The summed E-state index contributed by atoms with van der Waals surface area (Å²) in [5.74, 6) is -0.662. The van der Waals surface area contributed by atoms with E-state index in [1.807, 2.05) is 61.5 Å². The minimum Gasteiger partial charge on any atom is -0.456 e. The largest absolute Gasteiger partial charge is 0.456 e. The van der Waals surface area contributed by atoms with Gasteiger partial charge in [0.2, 0.25) is 0 Å². The van der Waals surface area contributed by atoms with Crippen LogP contribution in [0.4, 0.5) is 5.69 Å². The Hall–Kier alpha value is -2.62. The Balaban J connectivity index is 1.78. The van der Waals surface area contributed by atoms with Gasteiger partial charge in [-0.1, -0.05) is 70.2 Å². The topological polar surface area (TPSA) is 55.4 Å². The average molecular weight is 353 g/mol. The summed E-state index contributed by atoms with van der Waals surface area (Å²) in [4.78, 5) is 23.9.